The number of rotatable bonds is 4. The van der Waals surface area contributed by atoms with Crippen LogP contribution >= 0.6 is 0 Å². The fourth-order valence-electron chi connectivity index (χ4n) is 2.25. The van der Waals surface area contributed by atoms with Crippen LogP contribution in [-0.4, -0.2) is 12.5 Å². The molecule has 2 aromatic rings. The van der Waals surface area contributed by atoms with Crippen LogP contribution in [0.4, 0.5) is 5.69 Å². The van der Waals surface area contributed by atoms with E-state index in [1.807, 2.05) is 56.3 Å². The van der Waals surface area contributed by atoms with Gasteiger partial charge in [-0.1, -0.05) is 48.0 Å². The molecule has 3 N–H and O–H groups in total. The van der Waals surface area contributed by atoms with Crippen molar-refractivity contribution >= 4 is 11.6 Å². The van der Waals surface area contributed by atoms with Crippen LogP contribution in [0.25, 0.3) is 0 Å². The van der Waals surface area contributed by atoms with Gasteiger partial charge in [-0.05, 0) is 31.0 Å². The Kier molecular flexibility index (Phi) is 4.53. The molecule has 1 atom stereocenters. The first-order valence-electron chi connectivity index (χ1n) is 6.75. The van der Waals surface area contributed by atoms with E-state index in [1.54, 1.807) is 0 Å². The van der Waals surface area contributed by atoms with Gasteiger partial charge in [-0.15, -0.1) is 0 Å². The van der Waals surface area contributed by atoms with E-state index in [-0.39, 0.29) is 11.8 Å². The Bertz CT molecular complexity index is 593. The smallest absolute Gasteiger partial charge is 0.233 e. The van der Waals surface area contributed by atoms with Gasteiger partial charge in [-0.25, -0.2) is 0 Å². The molecule has 1 amide bonds. The lowest BCUT2D eigenvalue weighted by Crippen LogP contribution is -2.27. The molecule has 3 nitrogen and oxygen atoms in total. The number of benzene rings is 2. The Morgan fingerprint density at radius 2 is 1.85 bits per heavy atom. The Hall–Kier alpha value is -2.13. The number of nitrogens with two attached hydrogens (primary N) is 1. The number of carbonyl (C=O) groups is 1. The minimum absolute atomic E-state index is 0.0642. The third-order valence-corrected chi connectivity index (χ3v) is 3.39. The predicted molar refractivity (Wildman–Crippen MR) is 82.8 cm³/mol. The molecule has 2 aromatic carbocycles. The van der Waals surface area contributed by atoms with E-state index in [0.29, 0.717) is 6.54 Å². The zero-order chi connectivity index (χ0) is 14.5. The molecule has 0 bridgehead atoms. The highest BCUT2D eigenvalue weighted by atomic mass is 16.1. The van der Waals surface area contributed by atoms with Crippen LogP contribution < -0.4 is 11.1 Å². The summed E-state index contributed by atoms with van der Waals surface area (Å²) in [7, 11) is 0. The van der Waals surface area contributed by atoms with Gasteiger partial charge in [0.1, 0.15) is 0 Å². The third kappa shape index (κ3) is 3.25. The van der Waals surface area contributed by atoms with Crippen molar-refractivity contribution in [3.8, 4) is 0 Å². The van der Waals surface area contributed by atoms with Crippen molar-refractivity contribution in [2.45, 2.75) is 19.8 Å². The minimum atomic E-state index is -0.322. The Balaban J connectivity index is 2.18. The van der Waals surface area contributed by atoms with Gasteiger partial charge in [0.15, 0.2) is 0 Å². The van der Waals surface area contributed by atoms with Gasteiger partial charge in [-0.2, -0.15) is 0 Å². The SMILES string of the molecule is Cc1ccc(NC(=O)C(CN)c2ccccc2)c(C)c1. The van der Waals surface area contributed by atoms with Crippen LogP contribution in [0.1, 0.15) is 22.6 Å². The summed E-state index contributed by atoms with van der Waals surface area (Å²) in [5, 5.41) is 2.97. The van der Waals surface area contributed by atoms with Crippen LogP contribution in [0.15, 0.2) is 48.5 Å². The number of hydrogen-bond donors (Lipinski definition) is 2. The van der Waals surface area contributed by atoms with Crippen LogP contribution in [0.5, 0.6) is 0 Å². The highest BCUT2D eigenvalue weighted by molar-refractivity contribution is 5.96. The zero-order valence-electron chi connectivity index (χ0n) is 11.9. The third-order valence-electron chi connectivity index (χ3n) is 3.39. The first-order valence-corrected chi connectivity index (χ1v) is 6.75. The molecule has 2 rings (SSSR count). The topological polar surface area (TPSA) is 55.1 Å². The first kappa shape index (κ1) is 14.3. The quantitative estimate of drug-likeness (QED) is 0.895. The molecule has 0 aliphatic heterocycles. The first-order chi connectivity index (χ1) is 9.61. The maximum atomic E-state index is 12.4. The second-order valence-electron chi connectivity index (χ2n) is 5.01. The van der Waals surface area contributed by atoms with Crippen molar-refractivity contribution in [2.24, 2.45) is 5.73 Å². The maximum absolute atomic E-state index is 12.4. The van der Waals surface area contributed by atoms with Gasteiger partial charge >= 0.3 is 0 Å². The molecular formula is C17H20N2O. The van der Waals surface area contributed by atoms with Crippen molar-refractivity contribution < 1.29 is 4.79 Å². The molecule has 0 fully saturated rings. The molecule has 104 valence electrons. The molecule has 0 aromatic heterocycles. The largest absolute Gasteiger partial charge is 0.329 e. The number of nitrogens with one attached hydrogen (secondary N) is 1. The minimum Gasteiger partial charge on any atom is -0.329 e. The van der Waals surface area contributed by atoms with Crippen molar-refractivity contribution in [2.75, 3.05) is 11.9 Å². The molecule has 3 heteroatoms. The summed E-state index contributed by atoms with van der Waals surface area (Å²) in [6.45, 7) is 4.31. The summed E-state index contributed by atoms with van der Waals surface area (Å²) in [6, 6.07) is 15.6. The molecule has 20 heavy (non-hydrogen) atoms. The standard InChI is InChI=1S/C17H20N2O/c1-12-8-9-16(13(2)10-12)19-17(20)15(11-18)14-6-4-3-5-7-14/h3-10,15H,11,18H2,1-2H3,(H,19,20). The highest BCUT2D eigenvalue weighted by Crippen LogP contribution is 2.20. The summed E-state index contributed by atoms with van der Waals surface area (Å²) < 4.78 is 0. The number of anilines is 1. The molecule has 0 aliphatic rings. The average Bonchev–Trinajstić information content (AvgIpc) is 2.44. The summed E-state index contributed by atoms with van der Waals surface area (Å²) in [4.78, 5) is 12.4. The molecule has 0 radical (unpaired) electrons. The van der Waals surface area contributed by atoms with Crippen LogP contribution in [-0.2, 0) is 4.79 Å². The lowest BCUT2D eigenvalue weighted by molar-refractivity contribution is -0.117. The van der Waals surface area contributed by atoms with E-state index in [0.717, 1.165) is 16.8 Å². The fraction of sp³-hybridized carbons (Fsp3) is 0.235. The molecular weight excluding hydrogens is 248 g/mol. The van der Waals surface area contributed by atoms with Gasteiger partial charge in [0, 0.05) is 12.2 Å². The van der Waals surface area contributed by atoms with Crippen LogP contribution in [0.2, 0.25) is 0 Å². The summed E-state index contributed by atoms with van der Waals surface area (Å²) >= 11 is 0. The van der Waals surface area contributed by atoms with Gasteiger partial charge < -0.3 is 11.1 Å². The Morgan fingerprint density at radius 3 is 2.45 bits per heavy atom. The van der Waals surface area contributed by atoms with E-state index < -0.39 is 0 Å². The average molecular weight is 268 g/mol. The Morgan fingerprint density at radius 1 is 1.15 bits per heavy atom. The lowest BCUT2D eigenvalue weighted by Gasteiger charge is -2.16. The summed E-state index contributed by atoms with van der Waals surface area (Å²) in [6.07, 6.45) is 0. The van der Waals surface area contributed by atoms with Gasteiger partial charge in [0.2, 0.25) is 5.91 Å². The van der Waals surface area contributed by atoms with Gasteiger partial charge in [-0.3, -0.25) is 4.79 Å². The molecule has 0 heterocycles. The van der Waals surface area contributed by atoms with Crippen molar-refractivity contribution in [1.29, 1.82) is 0 Å². The van der Waals surface area contributed by atoms with Crippen molar-refractivity contribution in [3.05, 3.63) is 65.2 Å². The summed E-state index contributed by atoms with van der Waals surface area (Å²) in [5.74, 6) is -0.387. The van der Waals surface area contributed by atoms with E-state index in [2.05, 4.69) is 11.4 Å². The van der Waals surface area contributed by atoms with Crippen molar-refractivity contribution in [1.82, 2.24) is 0 Å². The van der Waals surface area contributed by atoms with Crippen molar-refractivity contribution in [3.63, 3.8) is 0 Å². The normalized spacial score (nSPS) is 11.9. The molecule has 0 aliphatic carbocycles. The zero-order valence-corrected chi connectivity index (χ0v) is 11.9. The maximum Gasteiger partial charge on any atom is 0.233 e. The fourth-order valence-corrected chi connectivity index (χ4v) is 2.25. The van der Waals surface area contributed by atoms with E-state index >= 15 is 0 Å². The molecule has 1 unspecified atom stereocenters. The number of carbonyl (C=O) groups excluding carboxylic acids is 1. The van der Waals surface area contributed by atoms with E-state index in [4.69, 9.17) is 5.73 Å². The van der Waals surface area contributed by atoms with Crippen LogP contribution in [0, 0.1) is 13.8 Å². The number of aryl methyl sites for hydroxylation is 2. The molecule has 0 saturated carbocycles. The summed E-state index contributed by atoms with van der Waals surface area (Å²) in [5.41, 5.74) is 9.78. The Labute approximate surface area is 119 Å². The molecule has 0 spiro atoms. The predicted octanol–water partition coefficient (Wildman–Crippen LogP) is 2.98. The monoisotopic (exact) mass is 268 g/mol. The second-order valence-corrected chi connectivity index (χ2v) is 5.01. The number of amides is 1. The lowest BCUT2D eigenvalue weighted by atomic mass is 9.98. The van der Waals surface area contributed by atoms with E-state index in [1.165, 1.54) is 5.56 Å². The van der Waals surface area contributed by atoms with E-state index in [9.17, 15) is 4.79 Å². The van der Waals surface area contributed by atoms with Gasteiger partial charge in [0.25, 0.3) is 0 Å². The second kappa shape index (κ2) is 6.35. The van der Waals surface area contributed by atoms with Gasteiger partial charge in [0.05, 0.1) is 5.92 Å². The molecule has 0 saturated heterocycles. The van der Waals surface area contributed by atoms with Crippen LogP contribution in [0.3, 0.4) is 0 Å². The number of hydrogen-bond acceptors (Lipinski definition) is 2. The highest BCUT2D eigenvalue weighted by Gasteiger charge is 2.19.